The Labute approximate surface area is 175 Å². The summed E-state index contributed by atoms with van der Waals surface area (Å²) in [5, 5.41) is 3.13. The summed E-state index contributed by atoms with van der Waals surface area (Å²) in [5.41, 5.74) is -0.127. The highest BCUT2D eigenvalue weighted by atomic mass is 35.5. The van der Waals surface area contributed by atoms with Crippen LogP contribution in [0.5, 0.6) is 0 Å². The van der Waals surface area contributed by atoms with Gasteiger partial charge in [0.15, 0.2) is 14.1 Å². The molecule has 0 radical (unpaired) electrons. The van der Waals surface area contributed by atoms with E-state index in [1.165, 1.54) is 0 Å². The Bertz CT molecular complexity index is 692. The van der Waals surface area contributed by atoms with Crippen molar-refractivity contribution < 1.29 is 18.8 Å². The van der Waals surface area contributed by atoms with Gasteiger partial charge in [0.05, 0.1) is 11.1 Å². The van der Waals surface area contributed by atoms with Gasteiger partial charge in [-0.3, -0.25) is 4.79 Å². The Balaban J connectivity index is 2.93. The molecule has 0 aliphatic carbocycles. The van der Waals surface area contributed by atoms with Crippen molar-refractivity contribution in [3.05, 3.63) is 34.9 Å². The lowest BCUT2D eigenvalue weighted by atomic mass is 10.1. The molecule has 5 nitrogen and oxygen atoms in total. The van der Waals surface area contributed by atoms with E-state index in [-0.39, 0.29) is 23.8 Å². The Kier molecular flexibility index (Phi) is 8.29. The molecule has 1 amide bonds. The van der Waals surface area contributed by atoms with Crippen molar-refractivity contribution in [3.8, 4) is 0 Å². The maximum Gasteiger partial charge on any atom is 0.407 e. The fourth-order valence-corrected chi connectivity index (χ4v) is 3.86. The van der Waals surface area contributed by atoms with E-state index < -0.39 is 26.1 Å². The first-order valence-corrected chi connectivity index (χ1v) is 12.8. The van der Waals surface area contributed by atoms with Crippen molar-refractivity contribution in [1.29, 1.82) is 0 Å². The Morgan fingerprint density at radius 3 is 2.18 bits per heavy atom. The average molecular weight is 428 g/mol. The monoisotopic (exact) mass is 427 g/mol. The quantitative estimate of drug-likeness (QED) is 0.439. The third-order valence-electron chi connectivity index (χ3n) is 4.73. The van der Waals surface area contributed by atoms with Gasteiger partial charge in [-0.05, 0) is 51.0 Å². The predicted molar refractivity (Wildman–Crippen MR) is 117 cm³/mol. The second kappa shape index (κ2) is 9.42. The highest BCUT2D eigenvalue weighted by molar-refractivity contribution is 6.74. The summed E-state index contributed by atoms with van der Waals surface area (Å²) in [4.78, 5) is 24.8. The Morgan fingerprint density at radius 2 is 1.68 bits per heavy atom. The summed E-state index contributed by atoms with van der Waals surface area (Å²) < 4.78 is 11.7. The van der Waals surface area contributed by atoms with Gasteiger partial charge in [0.25, 0.3) is 0 Å². The molecule has 28 heavy (non-hydrogen) atoms. The minimum absolute atomic E-state index is 0.0232. The van der Waals surface area contributed by atoms with Crippen molar-refractivity contribution in [1.82, 2.24) is 5.32 Å². The molecular formula is C21H34ClNO4Si. The van der Waals surface area contributed by atoms with Gasteiger partial charge in [0.2, 0.25) is 0 Å². The van der Waals surface area contributed by atoms with Crippen LogP contribution in [-0.4, -0.2) is 38.4 Å². The number of carbonyl (C=O) groups is 2. The first-order valence-electron chi connectivity index (χ1n) is 9.55. The number of alkyl carbamates (subject to hydrolysis) is 1. The number of benzene rings is 1. The molecule has 1 rings (SSSR count). The molecule has 158 valence electrons. The van der Waals surface area contributed by atoms with Crippen LogP contribution in [0.25, 0.3) is 0 Å². The Hall–Kier alpha value is -1.37. The predicted octanol–water partition coefficient (Wildman–Crippen LogP) is 5.83. The van der Waals surface area contributed by atoms with Crippen LogP contribution in [0.2, 0.25) is 23.2 Å². The molecule has 0 fully saturated rings. The van der Waals surface area contributed by atoms with E-state index in [1.807, 2.05) is 0 Å². The van der Waals surface area contributed by atoms with Crippen LogP contribution in [0.1, 0.15) is 58.3 Å². The first kappa shape index (κ1) is 24.7. The van der Waals surface area contributed by atoms with Crippen LogP contribution in [0, 0.1) is 0 Å². The van der Waals surface area contributed by atoms with E-state index in [4.69, 9.17) is 20.8 Å². The van der Waals surface area contributed by atoms with E-state index in [2.05, 4.69) is 39.2 Å². The minimum Gasteiger partial charge on any atom is -0.444 e. The first-order chi connectivity index (χ1) is 12.6. The number of nitrogens with one attached hydrogen (secondary N) is 1. The molecule has 7 heteroatoms. The van der Waals surface area contributed by atoms with Gasteiger partial charge in [-0.2, -0.15) is 0 Å². The highest BCUT2D eigenvalue weighted by Gasteiger charge is 2.39. The fourth-order valence-electron chi connectivity index (χ4n) is 2.26. The largest absolute Gasteiger partial charge is 0.444 e. The van der Waals surface area contributed by atoms with Crippen LogP contribution < -0.4 is 5.32 Å². The number of carbonyl (C=O) groups excluding carboxylic acids is 2. The van der Waals surface area contributed by atoms with Crippen LogP contribution in [-0.2, 0) is 9.16 Å². The molecule has 0 saturated heterocycles. The van der Waals surface area contributed by atoms with Crippen molar-refractivity contribution in [2.75, 3.05) is 6.54 Å². The zero-order chi connectivity index (χ0) is 21.8. The summed E-state index contributed by atoms with van der Waals surface area (Å²) >= 11 is 6.17. The van der Waals surface area contributed by atoms with Crippen molar-refractivity contribution in [2.45, 2.75) is 77.8 Å². The molecule has 1 unspecified atom stereocenters. The SMILES string of the molecule is CC(C)(C)OC(=O)NCC(CC(=O)c1ccccc1Cl)O[Si](C)(C)C(C)(C)C. The summed E-state index contributed by atoms with van der Waals surface area (Å²) in [7, 11) is -2.15. The van der Waals surface area contributed by atoms with Gasteiger partial charge in [-0.25, -0.2) is 4.79 Å². The third kappa shape index (κ3) is 7.93. The van der Waals surface area contributed by atoms with Crippen LogP contribution in [0.15, 0.2) is 24.3 Å². The summed E-state index contributed by atoms with van der Waals surface area (Å²) in [6.07, 6.45) is -0.856. The van der Waals surface area contributed by atoms with E-state index in [0.717, 1.165) is 0 Å². The molecule has 0 aromatic heterocycles. The van der Waals surface area contributed by atoms with Gasteiger partial charge >= 0.3 is 6.09 Å². The van der Waals surface area contributed by atoms with Crippen LogP contribution in [0.3, 0.4) is 0 Å². The van der Waals surface area contributed by atoms with E-state index in [1.54, 1.807) is 45.0 Å². The topological polar surface area (TPSA) is 64.6 Å². The zero-order valence-electron chi connectivity index (χ0n) is 18.3. The van der Waals surface area contributed by atoms with Gasteiger partial charge < -0.3 is 14.5 Å². The number of amides is 1. The molecule has 0 spiro atoms. The maximum atomic E-state index is 12.8. The number of hydrogen-bond acceptors (Lipinski definition) is 4. The zero-order valence-corrected chi connectivity index (χ0v) is 20.1. The number of ether oxygens (including phenoxy) is 1. The van der Waals surface area contributed by atoms with E-state index >= 15 is 0 Å². The van der Waals surface area contributed by atoms with Crippen molar-refractivity contribution in [3.63, 3.8) is 0 Å². The third-order valence-corrected chi connectivity index (χ3v) is 9.59. The number of halogens is 1. The molecule has 1 N–H and O–H groups in total. The van der Waals surface area contributed by atoms with Gasteiger partial charge in [0, 0.05) is 18.5 Å². The van der Waals surface area contributed by atoms with Gasteiger partial charge in [-0.1, -0.05) is 44.5 Å². The maximum absolute atomic E-state index is 12.8. The van der Waals surface area contributed by atoms with Gasteiger partial charge in [-0.15, -0.1) is 0 Å². The molecule has 0 heterocycles. The van der Waals surface area contributed by atoms with Gasteiger partial charge in [0.1, 0.15) is 5.60 Å². The van der Waals surface area contributed by atoms with Crippen molar-refractivity contribution in [2.24, 2.45) is 0 Å². The van der Waals surface area contributed by atoms with Crippen molar-refractivity contribution >= 4 is 31.8 Å². The van der Waals surface area contributed by atoms with Crippen LogP contribution >= 0.6 is 11.6 Å². The molecular weight excluding hydrogens is 394 g/mol. The highest BCUT2D eigenvalue weighted by Crippen LogP contribution is 2.37. The molecule has 0 aliphatic heterocycles. The molecule has 1 aromatic rings. The molecule has 0 aliphatic rings. The lowest BCUT2D eigenvalue weighted by molar-refractivity contribution is 0.0488. The fraction of sp³-hybridized carbons (Fsp3) is 0.619. The summed E-state index contributed by atoms with van der Waals surface area (Å²) in [5.74, 6) is -0.111. The molecule has 0 saturated carbocycles. The number of rotatable bonds is 7. The number of ketones is 1. The standard InChI is InChI=1S/C21H34ClNO4Si/c1-20(2,3)26-19(25)23-14-15(27-28(7,8)21(4,5)6)13-18(24)16-11-9-10-12-17(16)22/h9-12,15H,13-14H2,1-8H3,(H,23,25). The lowest BCUT2D eigenvalue weighted by Gasteiger charge is -2.39. The van der Waals surface area contributed by atoms with Crippen LogP contribution in [0.4, 0.5) is 4.79 Å². The second-order valence-corrected chi connectivity index (χ2v) is 14.7. The van der Waals surface area contributed by atoms with E-state index in [0.29, 0.717) is 10.6 Å². The van der Waals surface area contributed by atoms with E-state index in [9.17, 15) is 9.59 Å². The minimum atomic E-state index is -2.15. The molecule has 0 bridgehead atoms. The smallest absolute Gasteiger partial charge is 0.407 e. The lowest BCUT2D eigenvalue weighted by Crippen LogP contribution is -2.48. The molecule has 1 aromatic carbocycles. The number of hydrogen-bond donors (Lipinski definition) is 1. The molecule has 1 atom stereocenters. The summed E-state index contributed by atoms with van der Waals surface area (Å²) in [6, 6.07) is 6.96. The number of Topliss-reactive ketones (excluding diaryl/α,β-unsaturated/α-hetero) is 1. The second-order valence-electron chi connectivity index (χ2n) is 9.49. The normalized spacial score (nSPS) is 13.8. The summed E-state index contributed by atoms with van der Waals surface area (Å²) in [6.45, 7) is 16.2. The average Bonchev–Trinajstić information content (AvgIpc) is 2.50. The Morgan fingerprint density at radius 1 is 1.11 bits per heavy atom.